The van der Waals surface area contributed by atoms with Gasteiger partial charge in [0, 0.05) is 23.1 Å². The van der Waals surface area contributed by atoms with Gasteiger partial charge in [0.05, 0.1) is 6.42 Å². The van der Waals surface area contributed by atoms with E-state index in [1.807, 2.05) is 66.7 Å². The summed E-state index contributed by atoms with van der Waals surface area (Å²) in [6, 6.07) is 21.4. The van der Waals surface area contributed by atoms with Crippen LogP contribution in [0.4, 0.5) is 5.69 Å². The van der Waals surface area contributed by atoms with E-state index >= 15 is 0 Å². The molecule has 0 bridgehead atoms. The summed E-state index contributed by atoms with van der Waals surface area (Å²) in [7, 11) is 0. The van der Waals surface area contributed by atoms with Crippen molar-refractivity contribution in [3.8, 4) is 0 Å². The highest BCUT2D eigenvalue weighted by molar-refractivity contribution is 9.10. The molecule has 2 N–H and O–H groups in total. The van der Waals surface area contributed by atoms with Gasteiger partial charge in [-0.3, -0.25) is 9.59 Å². The number of nitrogens with one attached hydrogen (secondary N) is 2. The average molecular weight is 411 g/mol. The normalized spacial score (nSPS) is 10.5. The number of benzene rings is 3. The van der Waals surface area contributed by atoms with Crippen molar-refractivity contribution in [3.05, 3.63) is 76.8 Å². The number of carbonyl (C=O) groups excluding carboxylic acids is 2. The maximum Gasteiger partial charge on any atom is 0.226 e. The van der Waals surface area contributed by atoms with Crippen molar-refractivity contribution >= 4 is 44.2 Å². The second-order valence-electron chi connectivity index (χ2n) is 6.01. The van der Waals surface area contributed by atoms with E-state index in [1.54, 1.807) is 0 Å². The van der Waals surface area contributed by atoms with Crippen LogP contribution in [0.15, 0.2) is 71.2 Å². The molecular weight excluding hydrogens is 392 g/mol. The Hall–Kier alpha value is -2.66. The molecule has 0 fully saturated rings. The molecule has 0 spiro atoms. The number of amides is 2. The first-order valence-corrected chi connectivity index (χ1v) is 9.19. The quantitative estimate of drug-likeness (QED) is 0.636. The third-order valence-corrected chi connectivity index (χ3v) is 4.51. The molecule has 0 aromatic heterocycles. The van der Waals surface area contributed by atoms with Crippen LogP contribution in [0.25, 0.3) is 10.8 Å². The van der Waals surface area contributed by atoms with E-state index in [0.29, 0.717) is 13.0 Å². The summed E-state index contributed by atoms with van der Waals surface area (Å²) in [6.45, 7) is 0.314. The third-order valence-electron chi connectivity index (χ3n) is 3.98. The number of rotatable bonds is 6. The van der Waals surface area contributed by atoms with Crippen LogP contribution < -0.4 is 10.6 Å². The van der Waals surface area contributed by atoms with Gasteiger partial charge in [0.25, 0.3) is 0 Å². The molecule has 2 amide bonds. The number of halogens is 1. The molecule has 0 saturated carbocycles. The van der Waals surface area contributed by atoms with Crippen molar-refractivity contribution in [1.82, 2.24) is 5.32 Å². The Morgan fingerprint density at radius 2 is 1.58 bits per heavy atom. The summed E-state index contributed by atoms with van der Waals surface area (Å²) >= 11 is 3.35. The first kappa shape index (κ1) is 18.1. The number of hydrogen-bond donors (Lipinski definition) is 2. The Morgan fingerprint density at radius 1 is 0.846 bits per heavy atom. The van der Waals surface area contributed by atoms with E-state index in [9.17, 15) is 9.59 Å². The zero-order valence-electron chi connectivity index (χ0n) is 14.2. The zero-order valence-corrected chi connectivity index (χ0v) is 15.8. The Kier molecular flexibility index (Phi) is 6.02. The maximum atomic E-state index is 12.1. The molecule has 5 heteroatoms. The van der Waals surface area contributed by atoms with Crippen molar-refractivity contribution in [3.63, 3.8) is 0 Å². The van der Waals surface area contributed by atoms with Crippen LogP contribution in [0.2, 0.25) is 0 Å². The summed E-state index contributed by atoms with van der Waals surface area (Å²) in [6.07, 6.45) is 0.540. The smallest absolute Gasteiger partial charge is 0.226 e. The van der Waals surface area contributed by atoms with Crippen LogP contribution >= 0.6 is 15.9 Å². The Balaban J connectivity index is 1.44. The zero-order chi connectivity index (χ0) is 18.4. The molecule has 0 aliphatic rings. The molecule has 0 radical (unpaired) electrons. The first-order chi connectivity index (χ1) is 12.6. The SMILES string of the molecule is O=C(Cc1ccc2ccccc2c1)NCCC(=O)Nc1ccc(Br)cc1. The van der Waals surface area contributed by atoms with Crippen molar-refractivity contribution in [2.45, 2.75) is 12.8 Å². The highest BCUT2D eigenvalue weighted by atomic mass is 79.9. The fourth-order valence-corrected chi connectivity index (χ4v) is 2.93. The highest BCUT2D eigenvalue weighted by Crippen LogP contribution is 2.16. The van der Waals surface area contributed by atoms with Gasteiger partial charge >= 0.3 is 0 Å². The predicted octanol–water partition coefficient (Wildman–Crippen LogP) is 4.29. The van der Waals surface area contributed by atoms with Crippen molar-refractivity contribution in [2.24, 2.45) is 0 Å². The molecule has 3 aromatic carbocycles. The number of fused-ring (bicyclic) bond motifs is 1. The Morgan fingerprint density at radius 3 is 2.35 bits per heavy atom. The predicted molar refractivity (Wildman–Crippen MR) is 108 cm³/mol. The Bertz CT molecular complexity index is 923. The molecule has 0 aliphatic carbocycles. The van der Waals surface area contributed by atoms with E-state index in [0.717, 1.165) is 26.5 Å². The fourth-order valence-electron chi connectivity index (χ4n) is 2.67. The minimum absolute atomic E-state index is 0.0864. The molecule has 26 heavy (non-hydrogen) atoms. The summed E-state index contributed by atoms with van der Waals surface area (Å²) < 4.78 is 0.955. The van der Waals surface area contributed by atoms with Gasteiger partial charge in [-0.1, -0.05) is 58.4 Å². The van der Waals surface area contributed by atoms with Crippen LogP contribution in [0, 0.1) is 0 Å². The fraction of sp³-hybridized carbons (Fsp3) is 0.143. The average Bonchev–Trinajstić information content (AvgIpc) is 2.63. The second kappa shape index (κ2) is 8.63. The summed E-state index contributed by atoms with van der Waals surface area (Å²) in [5.41, 5.74) is 1.70. The largest absolute Gasteiger partial charge is 0.355 e. The van der Waals surface area contributed by atoms with E-state index in [2.05, 4.69) is 26.6 Å². The molecule has 0 saturated heterocycles. The lowest BCUT2D eigenvalue weighted by Crippen LogP contribution is -2.28. The number of carbonyl (C=O) groups is 2. The summed E-state index contributed by atoms with van der Waals surface area (Å²) in [4.78, 5) is 24.0. The van der Waals surface area contributed by atoms with Gasteiger partial charge in [0.1, 0.15) is 0 Å². The number of hydrogen-bond acceptors (Lipinski definition) is 2. The second-order valence-corrected chi connectivity index (χ2v) is 6.93. The molecule has 132 valence electrons. The van der Waals surface area contributed by atoms with Gasteiger partial charge in [-0.05, 0) is 40.6 Å². The van der Waals surface area contributed by atoms with Gasteiger partial charge in [-0.15, -0.1) is 0 Å². The molecule has 0 unspecified atom stereocenters. The van der Waals surface area contributed by atoms with Gasteiger partial charge in [-0.25, -0.2) is 0 Å². The molecular formula is C21H19BrN2O2. The molecule has 3 aromatic rings. The lowest BCUT2D eigenvalue weighted by atomic mass is 10.0. The molecule has 4 nitrogen and oxygen atoms in total. The maximum absolute atomic E-state index is 12.1. The third kappa shape index (κ3) is 5.17. The summed E-state index contributed by atoms with van der Waals surface area (Å²) in [5, 5.41) is 7.87. The standard InChI is InChI=1S/C21H19BrN2O2/c22-18-7-9-19(10-8-18)24-20(25)11-12-23-21(26)14-15-5-6-16-3-1-2-4-17(16)13-15/h1-10,13H,11-12,14H2,(H,23,26)(H,24,25). The van der Waals surface area contributed by atoms with Gasteiger partial charge in [0.2, 0.25) is 11.8 Å². The van der Waals surface area contributed by atoms with Crippen LogP contribution in [0.5, 0.6) is 0 Å². The minimum atomic E-state index is -0.127. The van der Waals surface area contributed by atoms with E-state index < -0.39 is 0 Å². The molecule has 0 heterocycles. The first-order valence-electron chi connectivity index (χ1n) is 8.40. The van der Waals surface area contributed by atoms with Crippen molar-refractivity contribution in [2.75, 3.05) is 11.9 Å². The van der Waals surface area contributed by atoms with Crippen LogP contribution in [-0.4, -0.2) is 18.4 Å². The van der Waals surface area contributed by atoms with Gasteiger partial charge in [0.15, 0.2) is 0 Å². The lowest BCUT2D eigenvalue weighted by Gasteiger charge is -2.08. The number of anilines is 1. The van der Waals surface area contributed by atoms with Crippen LogP contribution in [0.3, 0.4) is 0 Å². The van der Waals surface area contributed by atoms with Crippen molar-refractivity contribution in [1.29, 1.82) is 0 Å². The van der Waals surface area contributed by atoms with Crippen LogP contribution in [0.1, 0.15) is 12.0 Å². The minimum Gasteiger partial charge on any atom is -0.355 e. The topological polar surface area (TPSA) is 58.2 Å². The molecule has 0 aliphatic heterocycles. The Labute approximate surface area is 160 Å². The van der Waals surface area contributed by atoms with Crippen LogP contribution in [-0.2, 0) is 16.0 Å². The lowest BCUT2D eigenvalue weighted by molar-refractivity contribution is -0.120. The van der Waals surface area contributed by atoms with E-state index in [1.165, 1.54) is 0 Å². The van der Waals surface area contributed by atoms with E-state index in [4.69, 9.17) is 0 Å². The molecule has 0 atom stereocenters. The van der Waals surface area contributed by atoms with Gasteiger partial charge in [-0.2, -0.15) is 0 Å². The monoisotopic (exact) mass is 410 g/mol. The summed E-state index contributed by atoms with van der Waals surface area (Å²) in [5.74, 6) is -0.213. The van der Waals surface area contributed by atoms with Crippen molar-refractivity contribution < 1.29 is 9.59 Å². The molecule has 3 rings (SSSR count). The van der Waals surface area contributed by atoms with Gasteiger partial charge < -0.3 is 10.6 Å². The van der Waals surface area contributed by atoms with E-state index in [-0.39, 0.29) is 18.2 Å². The highest BCUT2D eigenvalue weighted by Gasteiger charge is 2.06.